The predicted octanol–water partition coefficient (Wildman–Crippen LogP) is 2.87. The maximum atomic E-state index is 4.94. The van der Waals surface area contributed by atoms with Crippen molar-refractivity contribution in [3.63, 3.8) is 0 Å². The Morgan fingerprint density at radius 1 is 1.16 bits per heavy atom. The van der Waals surface area contributed by atoms with E-state index in [-0.39, 0.29) is 0 Å². The number of aryl methyl sites for hydroxylation is 1. The molecule has 0 atom stereocenters. The summed E-state index contributed by atoms with van der Waals surface area (Å²) in [6.07, 6.45) is 4.83. The maximum Gasteiger partial charge on any atom is 0.207 e. The quantitative estimate of drug-likeness (QED) is 0.517. The van der Waals surface area contributed by atoms with Crippen LogP contribution >= 0.6 is 0 Å². The molecular weight excluding hydrogens is 390 g/mol. The largest absolute Gasteiger partial charge is 0.287 e. The normalized spacial score (nSPS) is 13.8. The summed E-state index contributed by atoms with van der Waals surface area (Å²) in [5.41, 5.74) is 7.65. The molecule has 31 heavy (non-hydrogen) atoms. The van der Waals surface area contributed by atoms with E-state index in [9.17, 15) is 0 Å². The lowest BCUT2D eigenvalue weighted by Gasteiger charge is -2.16. The Kier molecular flexibility index (Phi) is 5.03. The van der Waals surface area contributed by atoms with Gasteiger partial charge in [0.05, 0.1) is 22.6 Å². The van der Waals surface area contributed by atoms with Gasteiger partial charge in [-0.3, -0.25) is 4.90 Å². The summed E-state index contributed by atoms with van der Waals surface area (Å²) in [6.45, 7) is 8.96. The fraction of sp³-hybridized carbons (Fsp3) is 0.364. The van der Waals surface area contributed by atoms with Gasteiger partial charge < -0.3 is 0 Å². The van der Waals surface area contributed by atoms with Crippen LogP contribution in [0, 0.1) is 12.8 Å². The number of fused-ring (bicyclic) bond motifs is 1. The minimum atomic E-state index is 0.570. The Labute approximate surface area is 180 Å². The molecule has 4 heterocycles. The van der Waals surface area contributed by atoms with Crippen LogP contribution in [0.1, 0.15) is 41.9 Å². The van der Waals surface area contributed by atoms with Crippen LogP contribution in [0.3, 0.4) is 0 Å². The molecule has 1 N–H and O–H groups in total. The number of tetrazole rings is 1. The van der Waals surface area contributed by atoms with Crippen LogP contribution in [0.4, 0.5) is 0 Å². The van der Waals surface area contributed by atoms with Gasteiger partial charge in [0, 0.05) is 37.6 Å². The topological polar surface area (TPSA) is 101 Å². The van der Waals surface area contributed by atoms with E-state index in [0.29, 0.717) is 11.7 Å². The van der Waals surface area contributed by atoms with E-state index in [2.05, 4.69) is 74.8 Å². The zero-order chi connectivity index (χ0) is 21.4. The van der Waals surface area contributed by atoms with E-state index in [1.807, 2.05) is 16.8 Å². The third kappa shape index (κ3) is 3.96. The highest BCUT2D eigenvalue weighted by atomic mass is 15.5. The molecule has 5 rings (SSSR count). The summed E-state index contributed by atoms with van der Waals surface area (Å²) in [7, 11) is 0. The second kappa shape index (κ2) is 7.99. The Morgan fingerprint density at radius 2 is 2.06 bits per heavy atom. The van der Waals surface area contributed by atoms with E-state index in [1.165, 1.54) is 11.1 Å². The van der Waals surface area contributed by atoms with Crippen molar-refractivity contribution in [2.24, 2.45) is 5.92 Å². The molecule has 9 heteroatoms. The van der Waals surface area contributed by atoms with Crippen molar-refractivity contribution < 1.29 is 0 Å². The molecular formula is C22H25N9. The van der Waals surface area contributed by atoms with Gasteiger partial charge in [0.15, 0.2) is 0 Å². The minimum absolute atomic E-state index is 0.570. The molecule has 0 saturated heterocycles. The number of benzene rings is 1. The number of nitrogens with zero attached hydrogens (tertiary/aromatic N) is 8. The van der Waals surface area contributed by atoms with Gasteiger partial charge in [0.2, 0.25) is 5.82 Å². The fourth-order valence-electron chi connectivity index (χ4n) is 4.27. The number of hydrogen-bond donors (Lipinski definition) is 1. The van der Waals surface area contributed by atoms with Gasteiger partial charge >= 0.3 is 0 Å². The molecule has 0 amide bonds. The number of nitrogens with one attached hydrogen (secondary N) is 1. The molecule has 0 aliphatic carbocycles. The minimum Gasteiger partial charge on any atom is -0.287 e. The molecule has 0 fully saturated rings. The average molecular weight is 416 g/mol. The first-order chi connectivity index (χ1) is 15.1. The molecule has 0 saturated carbocycles. The highest BCUT2D eigenvalue weighted by Gasteiger charge is 2.25. The van der Waals surface area contributed by atoms with E-state index in [1.54, 1.807) is 6.20 Å². The summed E-state index contributed by atoms with van der Waals surface area (Å²) in [6, 6.07) is 8.35. The zero-order valence-corrected chi connectivity index (χ0v) is 17.9. The molecule has 0 spiro atoms. The van der Waals surface area contributed by atoms with Gasteiger partial charge in [-0.15, -0.1) is 10.2 Å². The lowest BCUT2D eigenvalue weighted by atomic mass is 9.96. The number of rotatable bonds is 6. The van der Waals surface area contributed by atoms with Gasteiger partial charge in [0.25, 0.3) is 0 Å². The van der Waals surface area contributed by atoms with Crippen LogP contribution in [-0.2, 0) is 26.1 Å². The van der Waals surface area contributed by atoms with Crippen LogP contribution in [0.15, 0.2) is 36.7 Å². The molecule has 3 aromatic heterocycles. The van der Waals surface area contributed by atoms with Gasteiger partial charge in [-0.05, 0) is 53.8 Å². The highest BCUT2D eigenvalue weighted by Crippen LogP contribution is 2.31. The van der Waals surface area contributed by atoms with Gasteiger partial charge in [-0.1, -0.05) is 19.9 Å². The third-order valence-electron chi connectivity index (χ3n) is 5.49. The summed E-state index contributed by atoms with van der Waals surface area (Å²) in [5, 5.41) is 27.9. The first-order valence-electron chi connectivity index (χ1n) is 10.5. The van der Waals surface area contributed by atoms with Crippen LogP contribution in [0.2, 0.25) is 0 Å². The monoisotopic (exact) mass is 415 g/mol. The van der Waals surface area contributed by atoms with Crippen molar-refractivity contribution in [3.8, 4) is 17.1 Å². The van der Waals surface area contributed by atoms with E-state index >= 15 is 0 Å². The van der Waals surface area contributed by atoms with Crippen molar-refractivity contribution in [1.29, 1.82) is 0 Å². The Bertz CT molecular complexity index is 1160. The van der Waals surface area contributed by atoms with Crippen LogP contribution in [0.5, 0.6) is 0 Å². The van der Waals surface area contributed by atoms with Crippen molar-refractivity contribution in [1.82, 2.24) is 45.5 Å². The lowest BCUT2D eigenvalue weighted by Crippen LogP contribution is -2.18. The number of aromatic amines is 1. The third-order valence-corrected chi connectivity index (χ3v) is 5.49. The number of hydrogen-bond acceptors (Lipinski definition) is 7. The molecule has 1 aromatic carbocycles. The predicted molar refractivity (Wildman–Crippen MR) is 115 cm³/mol. The number of aromatic nitrogens is 8. The molecule has 9 nitrogen and oxygen atoms in total. The summed E-state index contributed by atoms with van der Waals surface area (Å²) < 4.78 is 1.98. The number of H-pyrrole nitrogens is 1. The van der Waals surface area contributed by atoms with Crippen LogP contribution in [-0.4, -0.2) is 45.5 Å². The van der Waals surface area contributed by atoms with Gasteiger partial charge in [-0.2, -0.15) is 20.5 Å². The lowest BCUT2D eigenvalue weighted by molar-refractivity contribution is 0.267. The van der Waals surface area contributed by atoms with Gasteiger partial charge in [0.1, 0.15) is 0 Å². The van der Waals surface area contributed by atoms with Crippen molar-refractivity contribution in [2.45, 2.75) is 46.8 Å². The zero-order valence-electron chi connectivity index (χ0n) is 17.9. The Balaban J connectivity index is 1.47. The molecule has 4 aromatic rings. The van der Waals surface area contributed by atoms with Crippen molar-refractivity contribution in [3.05, 3.63) is 64.7 Å². The molecule has 0 bridgehead atoms. The molecule has 1 aliphatic rings. The molecule has 1 aliphatic heterocycles. The SMILES string of the molecule is Cc1cc(CC(C)C)cc(-n2cc3c(n2)CN(Cc2cccnn2)C3)c1-c1nn[nH]n1. The Hall–Kier alpha value is -3.46. The van der Waals surface area contributed by atoms with Gasteiger partial charge in [-0.25, -0.2) is 4.68 Å². The fourth-order valence-corrected chi connectivity index (χ4v) is 4.27. The average Bonchev–Trinajstić information content (AvgIpc) is 3.44. The second-order valence-electron chi connectivity index (χ2n) is 8.55. The van der Waals surface area contributed by atoms with Crippen molar-refractivity contribution >= 4 is 0 Å². The molecule has 0 unspecified atom stereocenters. The summed E-state index contributed by atoms with van der Waals surface area (Å²) in [4.78, 5) is 2.33. The highest BCUT2D eigenvalue weighted by molar-refractivity contribution is 5.71. The van der Waals surface area contributed by atoms with Crippen molar-refractivity contribution in [2.75, 3.05) is 0 Å². The second-order valence-corrected chi connectivity index (χ2v) is 8.55. The van der Waals surface area contributed by atoms with Crippen LogP contribution < -0.4 is 0 Å². The Morgan fingerprint density at radius 3 is 2.77 bits per heavy atom. The molecule has 158 valence electrons. The first-order valence-corrected chi connectivity index (χ1v) is 10.5. The van der Waals surface area contributed by atoms with E-state index in [4.69, 9.17) is 5.10 Å². The summed E-state index contributed by atoms with van der Waals surface area (Å²) >= 11 is 0. The smallest absolute Gasteiger partial charge is 0.207 e. The standard InChI is InChI=1S/C22H25N9/c1-14(2)7-16-8-15(3)21(22-25-28-29-26-22)20(9-16)31-11-17-10-30(13-19(17)27-31)12-18-5-4-6-23-24-18/h4-6,8-9,11,14H,7,10,12-13H2,1-3H3,(H,25,26,28,29). The summed E-state index contributed by atoms with van der Waals surface area (Å²) in [5.74, 6) is 1.16. The molecule has 0 radical (unpaired) electrons. The van der Waals surface area contributed by atoms with E-state index in [0.717, 1.165) is 54.3 Å². The van der Waals surface area contributed by atoms with Crippen LogP contribution in [0.25, 0.3) is 17.1 Å². The maximum absolute atomic E-state index is 4.94. The first kappa shape index (κ1) is 19.5. The van der Waals surface area contributed by atoms with E-state index < -0.39 is 0 Å².